The van der Waals surface area contributed by atoms with Crippen LogP contribution < -0.4 is 0 Å². The van der Waals surface area contributed by atoms with Gasteiger partial charge in [0.15, 0.2) is 6.04 Å². The van der Waals surface area contributed by atoms with Crippen LogP contribution in [0.3, 0.4) is 0 Å². The molecule has 2 aliphatic heterocycles. The lowest BCUT2D eigenvalue weighted by atomic mass is 10.1. The molecule has 1 aromatic rings. The molecule has 1 atom stereocenters. The molecule has 0 saturated carbocycles. The second kappa shape index (κ2) is 5.79. The van der Waals surface area contributed by atoms with Gasteiger partial charge in [-0.25, -0.2) is 9.59 Å². The van der Waals surface area contributed by atoms with Gasteiger partial charge in [0.25, 0.3) is 0 Å². The van der Waals surface area contributed by atoms with Crippen LogP contribution in [0.5, 0.6) is 0 Å². The maximum Gasteiger partial charge on any atom is 0.338 e. The fourth-order valence-corrected chi connectivity index (χ4v) is 3.63. The quantitative estimate of drug-likeness (QED) is 0.763. The highest BCUT2D eigenvalue weighted by Gasteiger charge is 2.43. The van der Waals surface area contributed by atoms with Crippen molar-refractivity contribution in [1.29, 1.82) is 0 Å². The topological polar surface area (TPSA) is 60.8 Å². The van der Waals surface area contributed by atoms with Crippen LogP contribution in [0.15, 0.2) is 22.3 Å². The highest BCUT2D eigenvalue weighted by atomic mass is 79.9. The average molecular weight is 369 g/mol. The predicted octanol–water partition coefficient (Wildman–Crippen LogP) is 1.96. The molecule has 118 valence electrons. The molecule has 0 amide bonds. The Labute approximate surface area is 136 Å². The average Bonchev–Trinajstić information content (AvgIpc) is 3.20. The van der Waals surface area contributed by atoms with Crippen molar-refractivity contribution >= 4 is 33.6 Å². The number of hydrogen-bond donors (Lipinski definition) is 0. The molecular weight excluding hydrogens is 352 g/mol. The standard InChI is InChI=1S/C15H17BrN2O4/c1-21-14(19)11-12(17-5-3-4-6-17)10-7-9(16)8-18(10)13(11)15(20)22-2/h7-8,13H,3-6H2,1-2H3. The molecule has 1 fully saturated rings. The van der Waals surface area contributed by atoms with Gasteiger partial charge in [0, 0.05) is 23.8 Å². The zero-order valence-electron chi connectivity index (χ0n) is 12.5. The van der Waals surface area contributed by atoms with Gasteiger partial charge in [0.2, 0.25) is 0 Å². The number of carbonyl (C=O) groups is 2. The molecule has 0 aromatic carbocycles. The second-order valence-electron chi connectivity index (χ2n) is 5.32. The van der Waals surface area contributed by atoms with Crippen molar-refractivity contribution < 1.29 is 19.1 Å². The first-order chi connectivity index (χ1) is 10.6. The van der Waals surface area contributed by atoms with Gasteiger partial charge in [-0.1, -0.05) is 0 Å². The van der Waals surface area contributed by atoms with Crippen molar-refractivity contribution in [2.75, 3.05) is 27.3 Å². The lowest BCUT2D eigenvalue weighted by molar-refractivity contribution is -0.146. The second-order valence-corrected chi connectivity index (χ2v) is 6.24. The smallest absolute Gasteiger partial charge is 0.338 e. The zero-order chi connectivity index (χ0) is 15.9. The summed E-state index contributed by atoms with van der Waals surface area (Å²) in [6, 6.07) is 1.12. The Balaban J connectivity index is 2.19. The molecule has 0 spiro atoms. The van der Waals surface area contributed by atoms with Crippen LogP contribution in [-0.2, 0) is 19.1 Å². The Hall–Kier alpha value is -1.76. The minimum atomic E-state index is -0.797. The van der Waals surface area contributed by atoms with E-state index in [9.17, 15) is 9.59 Å². The maximum atomic E-state index is 12.3. The van der Waals surface area contributed by atoms with Gasteiger partial charge >= 0.3 is 11.9 Å². The molecule has 0 radical (unpaired) electrons. The highest BCUT2D eigenvalue weighted by Crippen LogP contribution is 2.42. The predicted molar refractivity (Wildman–Crippen MR) is 82.9 cm³/mol. The number of methoxy groups -OCH3 is 2. The van der Waals surface area contributed by atoms with Crippen molar-refractivity contribution in [3.05, 3.63) is 28.0 Å². The molecule has 0 bridgehead atoms. The number of halogens is 1. The summed E-state index contributed by atoms with van der Waals surface area (Å²) < 4.78 is 12.5. The van der Waals surface area contributed by atoms with E-state index in [2.05, 4.69) is 20.8 Å². The first-order valence-corrected chi connectivity index (χ1v) is 7.90. The van der Waals surface area contributed by atoms with E-state index in [1.165, 1.54) is 14.2 Å². The third-order valence-electron chi connectivity index (χ3n) is 4.12. The third kappa shape index (κ3) is 2.24. The van der Waals surface area contributed by atoms with Gasteiger partial charge in [-0.2, -0.15) is 0 Å². The molecule has 1 unspecified atom stereocenters. The van der Waals surface area contributed by atoms with Gasteiger partial charge in [0.05, 0.1) is 31.2 Å². The summed E-state index contributed by atoms with van der Waals surface area (Å²) in [5.41, 5.74) is 1.98. The fourth-order valence-electron chi connectivity index (χ4n) is 3.19. The van der Waals surface area contributed by atoms with Crippen molar-refractivity contribution in [2.45, 2.75) is 18.9 Å². The molecule has 3 rings (SSSR count). The molecule has 0 N–H and O–H groups in total. The minimum absolute atomic E-state index is 0.360. The van der Waals surface area contributed by atoms with Gasteiger partial charge < -0.3 is 18.9 Å². The first-order valence-electron chi connectivity index (χ1n) is 7.11. The van der Waals surface area contributed by atoms with Crippen LogP contribution in [-0.4, -0.2) is 48.7 Å². The van der Waals surface area contributed by atoms with E-state index < -0.39 is 18.0 Å². The number of rotatable bonds is 3. The molecular formula is C15H17BrN2O4. The number of fused-ring (bicyclic) bond motifs is 1. The molecule has 2 aliphatic rings. The molecule has 1 saturated heterocycles. The third-order valence-corrected chi connectivity index (χ3v) is 4.55. The fraction of sp³-hybridized carbons (Fsp3) is 0.467. The van der Waals surface area contributed by atoms with E-state index in [0.29, 0.717) is 5.57 Å². The summed E-state index contributed by atoms with van der Waals surface area (Å²) in [5.74, 6) is -0.962. The highest BCUT2D eigenvalue weighted by molar-refractivity contribution is 9.10. The van der Waals surface area contributed by atoms with E-state index in [-0.39, 0.29) is 0 Å². The first kappa shape index (κ1) is 15.1. The van der Waals surface area contributed by atoms with Crippen LogP contribution in [0.25, 0.3) is 5.70 Å². The van der Waals surface area contributed by atoms with Gasteiger partial charge in [0.1, 0.15) is 0 Å². The van der Waals surface area contributed by atoms with Crippen LogP contribution in [0.4, 0.5) is 0 Å². The number of ether oxygens (including phenoxy) is 2. The lowest BCUT2D eigenvalue weighted by Gasteiger charge is -2.20. The van der Waals surface area contributed by atoms with Crippen LogP contribution >= 0.6 is 15.9 Å². The normalized spacial score (nSPS) is 20.3. The monoisotopic (exact) mass is 368 g/mol. The molecule has 0 aliphatic carbocycles. The SMILES string of the molecule is COC(=O)C1=C(N2CCCC2)c2cc(Br)cn2C1C(=O)OC. The van der Waals surface area contributed by atoms with Crippen LogP contribution in [0.2, 0.25) is 0 Å². The Bertz CT molecular complexity index is 658. The summed E-state index contributed by atoms with van der Waals surface area (Å²) in [6.07, 6.45) is 3.94. The molecule has 3 heterocycles. The number of carbonyl (C=O) groups excluding carboxylic acids is 2. The van der Waals surface area contributed by atoms with E-state index in [1.54, 1.807) is 10.8 Å². The van der Waals surface area contributed by atoms with Crippen LogP contribution in [0.1, 0.15) is 24.6 Å². The maximum absolute atomic E-state index is 12.3. The summed E-state index contributed by atoms with van der Waals surface area (Å²) in [6.45, 7) is 1.74. The summed E-state index contributed by atoms with van der Waals surface area (Å²) in [4.78, 5) is 26.7. The van der Waals surface area contributed by atoms with Gasteiger partial charge in [-0.15, -0.1) is 0 Å². The summed E-state index contributed by atoms with van der Waals surface area (Å²) in [7, 11) is 2.65. The number of likely N-dealkylation sites (tertiary alicyclic amines) is 1. The molecule has 1 aromatic heterocycles. The zero-order valence-corrected chi connectivity index (χ0v) is 14.1. The van der Waals surface area contributed by atoms with Crippen molar-refractivity contribution in [3.8, 4) is 0 Å². The Morgan fingerprint density at radius 1 is 1.23 bits per heavy atom. The molecule has 22 heavy (non-hydrogen) atoms. The van der Waals surface area contributed by atoms with Crippen molar-refractivity contribution in [2.24, 2.45) is 0 Å². The van der Waals surface area contributed by atoms with E-state index in [1.807, 2.05) is 6.07 Å². The van der Waals surface area contributed by atoms with Crippen molar-refractivity contribution in [1.82, 2.24) is 9.47 Å². The van der Waals surface area contributed by atoms with Gasteiger partial charge in [-0.3, -0.25) is 0 Å². The number of hydrogen-bond acceptors (Lipinski definition) is 5. The largest absolute Gasteiger partial charge is 0.467 e. The Morgan fingerprint density at radius 2 is 1.91 bits per heavy atom. The minimum Gasteiger partial charge on any atom is -0.467 e. The van der Waals surface area contributed by atoms with Crippen molar-refractivity contribution in [3.63, 3.8) is 0 Å². The van der Waals surface area contributed by atoms with Crippen LogP contribution in [0, 0.1) is 0 Å². The van der Waals surface area contributed by atoms with E-state index in [0.717, 1.165) is 41.8 Å². The Kier molecular flexibility index (Phi) is 3.99. The molecule has 6 nitrogen and oxygen atoms in total. The molecule has 7 heteroatoms. The number of aromatic nitrogens is 1. The van der Waals surface area contributed by atoms with E-state index >= 15 is 0 Å². The lowest BCUT2D eigenvalue weighted by Crippen LogP contribution is -2.25. The summed E-state index contributed by atoms with van der Waals surface area (Å²) >= 11 is 3.44. The number of nitrogens with zero attached hydrogens (tertiary/aromatic N) is 2. The van der Waals surface area contributed by atoms with Gasteiger partial charge in [-0.05, 0) is 34.8 Å². The Morgan fingerprint density at radius 3 is 2.50 bits per heavy atom. The summed E-state index contributed by atoms with van der Waals surface area (Å²) in [5, 5.41) is 0. The number of esters is 2. The van der Waals surface area contributed by atoms with E-state index in [4.69, 9.17) is 9.47 Å².